The van der Waals surface area contributed by atoms with Crippen LogP contribution in [0, 0.1) is 5.92 Å². The molecule has 0 bridgehead atoms. The number of carbonyl (C=O) groups is 2. The zero-order chi connectivity index (χ0) is 12.0. The molecule has 0 heterocycles. The number of aliphatic carboxylic acids is 1. The summed E-state index contributed by atoms with van der Waals surface area (Å²) in [5.41, 5.74) is 0. The molecule has 2 unspecified atom stereocenters. The Labute approximate surface area is 95.7 Å². The minimum absolute atomic E-state index is 0.0224. The van der Waals surface area contributed by atoms with Crippen LogP contribution < -0.4 is 5.32 Å². The second-order valence-electron chi connectivity index (χ2n) is 4.20. The zero-order valence-electron chi connectivity index (χ0n) is 9.61. The van der Waals surface area contributed by atoms with Crippen molar-refractivity contribution in [1.29, 1.82) is 0 Å². The Bertz CT molecular complexity index is 286. The summed E-state index contributed by atoms with van der Waals surface area (Å²) in [7, 11) is 0. The first-order valence-electron chi connectivity index (χ1n) is 5.84. The third kappa shape index (κ3) is 4.04. The van der Waals surface area contributed by atoms with Gasteiger partial charge in [-0.1, -0.05) is 31.9 Å². The van der Waals surface area contributed by atoms with E-state index in [9.17, 15) is 9.59 Å². The fraction of sp³-hybridized carbons (Fsp3) is 0.667. The van der Waals surface area contributed by atoms with Gasteiger partial charge in [-0.2, -0.15) is 0 Å². The van der Waals surface area contributed by atoms with E-state index >= 15 is 0 Å². The molecule has 0 radical (unpaired) electrons. The van der Waals surface area contributed by atoms with Gasteiger partial charge in [-0.3, -0.25) is 9.59 Å². The van der Waals surface area contributed by atoms with Gasteiger partial charge in [-0.25, -0.2) is 0 Å². The van der Waals surface area contributed by atoms with Crippen LogP contribution in [-0.2, 0) is 9.59 Å². The average Bonchev–Trinajstić information content (AvgIpc) is 2.66. The summed E-state index contributed by atoms with van der Waals surface area (Å²) in [6.45, 7) is 2.09. The van der Waals surface area contributed by atoms with E-state index in [0.717, 1.165) is 19.3 Å². The number of hydrogen-bond donors (Lipinski definition) is 2. The van der Waals surface area contributed by atoms with Crippen molar-refractivity contribution in [3.63, 3.8) is 0 Å². The van der Waals surface area contributed by atoms with Crippen LogP contribution in [-0.4, -0.2) is 23.0 Å². The molecule has 1 aliphatic carbocycles. The normalized spacial score (nSPS) is 23.3. The lowest BCUT2D eigenvalue weighted by Gasteiger charge is -2.11. The quantitative estimate of drug-likeness (QED) is 0.534. The molecule has 16 heavy (non-hydrogen) atoms. The van der Waals surface area contributed by atoms with Gasteiger partial charge in [0, 0.05) is 12.5 Å². The Kier molecular flexibility index (Phi) is 5.02. The van der Waals surface area contributed by atoms with Crippen LogP contribution in [0.2, 0.25) is 0 Å². The van der Waals surface area contributed by atoms with E-state index in [0.29, 0.717) is 12.8 Å². The summed E-state index contributed by atoms with van der Waals surface area (Å²) in [6, 6.07) is -0.102. The van der Waals surface area contributed by atoms with Crippen molar-refractivity contribution in [3.05, 3.63) is 12.2 Å². The predicted molar refractivity (Wildman–Crippen MR) is 61.0 cm³/mol. The van der Waals surface area contributed by atoms with E-state index in [1.54, 1.807) is 12.2 Å². The average molecular weight is 225 g/mol. The van der Waals surface area contributed by atoms with Crippen molar-refractivity contribution in [2.75, 3.05) is 0 Å². The maximum absolute atomic E-state index is 11.5. The highest BCUT2D eigenvalue weighted by molar-refractivity contribution is 5.77. The molecule has 0 aromatic heterocycles. The number of carboxylic acids is 1. The van der Waals surface area contributed by atoms with Crippen molar-refractivity contribution < 1.29 is 14.7 Å². The fourth-order valence-electron chi connectivity index (χ4n) is 1.80. The summed E-state index contributed by atoms with van der Waals surface area (Å²) in [5, 5.41) is 11.6. The first kappa shape index (κ1) is 12.7. The first-order chi connectivity index (χ1) is 7.63. The van der Waals surface area contributed by atoms with Crippen LogP contribution in [0.5, 0.6) is 0 Å². The van der Waals surface area contributed by atoms with Gasteiger partial charge in [0.25, 0.3) is 0 Å². The minimum Gasteiger partial charge on any atom is -0.481 e. The molecule has 2 N–H and O–H groups in total. The lowest BCUT2D eigenvalue weighted by atomic mass is 10.1. The predicted octanol–water partition coefficient (Wildman–Crippen LogP) is 1.71. The maximum Gasteiger partial charge on any atom is 0.310 e. The second kappa shape index (κ2) is 6.30. The van der Waals surface area contributed by atoms with Crippen LogP contribution in [0.4, 0.5) is 0 Å². The van der Waals surface area contributed by atoms with Gasteiger partial charge in [0.2, 0.25) is 5.91 Å². The van der Waals surface area contributed by atoms with E-state index in [1.165, 1.54) is 0 Å². The monoisotopic (exact) mass is 225 g/mol. The Morgan fingerprint density at radius 2 is 2.12 bits per heavy atom. The summed E-state index contributed by atoms with van der Waals surface area (Å²) in [4.78, 5) is 22.1. The Hall–Kier alpha value is -1.32. The number of hydrogen-bond acceptors (Lipinski definition) is 2. The Morgan fingerprint density at radius 3 is 2.69 bits per heavy atom. The number of amides is 1. The topological polar surface area (TPSA) is 66.4 Å². The molecule has 0 aromatic carbocycles. The number of rotatable bonds is 6. The van der Waals surface area contributed by atoms with E-state index < -0.39 is 11.9 Å². The van der Waals surface area contributed by atoms with Crippen LogP contribution in [0.3, 0.4) is 0 Å². The van der Waals surface area contributed by atoms with E-state index in [2.05, 4.69) is 12.2 Å². The van der Waals surface area contributed by atoms with Crippen molar-refractivity contribution in [2.45, 2.75) is 45.1 Å². The van der Waals surface area contributed by atoms with E-state index in [-0.39, 0.29) is 11.9 Å². The molecule has 1 amide bonds. The highest BCUT2D eigenvalue weighted by Gasteiger charge is 2.24. The van der Waals surface area contributed by atoms with E-state index in [4.69, 9.17) is 5.11 Å². The van der Waals surface area contributed by atoms with Crippen molar-refractivity contribution >= 4 is 11.9 Å². The molecule has 0 spiro atoms. The van der Waals surface area contributed by atoms with Crippen molar-refractivity contribution in [3.8, 4) is 0 Å². The third-order valence-electron chi connectivity index (χ3n) is 2.75. The van der Waals surface area contributed by atoms with Gasteiger partial charge < -0.3 is 10.4 Å². The summed E-state index contributed by atoms with van der Waals surface area (Å²) < 4.78 is 0. The van der Waals surface area contributed by atoms with Crippen LogP contribution in [0.1, 0.15) is 39.0 Å². The van der Waals surface area contributed by atoms with E-state index in [1.807, 2.05) is 0 Å². The lowest BCUT2D eigenvalue weighted by Crippen LogP contribution is -2.33. The van der Waals surface area contributed by atoms with Crippen molar-refractivity contribution in [2.24, 2.45) is 5.92 Å². The lowest BCUT2D eigenvalue weighted by molar-refractivity contribution is -0.140. The van der Waals surface area contributed by atoms with Gasteiger partial charge in [-0.05, 0) is 12.8 Å². The summed E-state index contributed by atoms with van der Waals surface area (Å²) in [5.74, 6) is -1.24. The number of carboxylic acid groups (broad SMARTS) is 1. The molecule has 4 heteroatoms. The van der Waals surface area contributed by atoms with Gasteiger partial charge in [-0.15, -0.1) is 0 Å². The Morgan fingerprint density at radius 1 is 1.38 bits per heavy atom. The maximum atomic E-state index is 11.5. The fourth-order valence-corrected chi connectivity index (χ4v) is 1.80. The third-order valence-corrected chi connectivity index (χ3v) is 2.75. The largest absolute Gasteiger partial charge is 0.481 e. The first-order valence-corrected chi connectivity index (χ1v) is 5.84. The molecule has 0 saturated carbocycles. The molecule has 0 aliphatic heterocycles. The number of nitrogens with one attached hydrogen (secondary N) is 1. The van der Waals surface area contributed by atoms with Crippen molar-refractivity contribution in [1.82, 2.24) is 5.32 Å². The molecule has 1 aliphatic rings. The molecule has 0 aromatic rings. The van der Waals surface area contributed by atoms with Crippen LogP contribution in [0.25, 0.3) is 0 Å². The molecule has 0 fully saturated rings. The Balaban J connectivity index is 2.21. The molecule has 0 saturated heterocycles. The zero-order valence-corrected chi connectivity index (χ0v) is 9.61. The number of carbonyl (C=O) groups excluding carboxylic acids is 1. The molecule has 2 atom stereocenters. The molecule has 90 valence electrons. The molecule has 1 rings (SSSR count). The standard InChI is InChI=1S/C12H19NO3/c1-2-3-4-5-11(14)13-10-7-6-9(8-10)12(15)16/h6-7,9-10H,2-5,8H2,1H3,(H,13,14)(H,15,16). The molecule has 4 nitrogen and oxygen atoms in total. The van der Waals surface area contributed by atoms with Crippen LogP contribution >= 0.6 is 0 Å². The van der Waals surface area contributed by atoms with Gasteiger partial charge in [0.1, 0.15) is 0 Å². The minimum atomic E-state index is -0.820. The summed E-state index contributed by atoms with van der Waals surface area (Å²) >= 11 is 0. The second-order valence-corrected chi connectivity index (χ2v) is 4.20. The van der Waals surface area contributed by atoms with Gasteiger partial charge in [0.15, 0.2) is 0 Å². The highest BCUT2D eigenvalue weighted by atomic mass is 16.4. The molecular formula is C12H19NO3. The summed E-state index contributed by atoms with van der Waals surface area (Å²) in [6.07, 6.45) is 7.51. The van der Waals surface area contributed by atoms with Gasteiger partial charge >= 0.3 is 5.97 Å². The van der Waals surface area contributed by atoms with Gasteiger partial charge in [0.05, 0.1) is 5.92 Å². The smallest absolute Gasteiger partial charge is 0.310 e. The van der Waals surface area contributed by atoms with Crippen LogP contribution in [0.15, 0.2) is 12.2 Å². The molecular weight excluding hydrogens is 206 g/mol. The number of unbranched alkanes of at least 4 members (excludes halogenated alkanes) is 2. The SMILES string of the molecule is CCCCCC(=O)NC1C=CC(C(=O)O)C1. The highest BCUT2D eigenvalue weighted by Crippen LogP contribution is 2.18.